The number of hydrogen-bond acceptors (Lipinski definition) is 4. The minimum atomic E-state index is -0.491. The molecule has 0 fully saturated rings. The SMILES string of the molecule is CCC(NC(=O)NC(C)(C)c1nccs1)c1ccncc1. The highest BCUT2D eigenvalue weighted by molar-refractivity contribution is 7.09. The third-order valence-corrected chi connectivity index (χ3v) is 4.31. The number of hydrogen-bond donors (Lipinski definition) is 2. The van der Waals surface area contributed by atoms with Crippen molar-refractivity contribution in [2.75, 3.05) is 0 Å². The van der Waals surface area contributed by atoms with E-state index in [1.54, 1.807) is 18.6 Å². The van der Waals surface area contributed by atoms with Crippen LogP contribution in [-0.2, 0) is 5.54 Å². The highest BCUT2D eigenvalue weighted by Crippen LogP contribution is 2.22. The van der Waals surface area contributed by atoms with Crippen molar-refractivity contribution in [3.8, 4) is 0 Å². The maximum Gasteiger partial charge on any atom is 0.316 e. The van der Waals surface area contributed by atoms with Crippen molar-refractivity contribution in [3.05, 3.63) is 46.7 Å². The van der Waals surface area contributed by atoms with Crippen LogP contribution >= 0.6 is 11.3 Å². The quantitative estimate of drug-likeness (QED) is 0.891. The number of nitrogens with zero attached hydrogens (tertiary/aromatic N) is 2. The molecule has 2 heterocycles. The Morgan fingerprint density at radius 3 is 2.62 bits per heavy atom. The molecule has 2 rings (SSSR count). The lowest BCUT2D eigenvalue weighted by molar-refractivity contribution is 0.225. The molecule has 0 radical (unpaired) electrons. The average Bonchev–Trinajstić information content (AvgIpc) is 3.00. The summed E-state index contributed by atoms with van der Waals surface area (Å²) in [5.74, 6) is 0. The minimum Gasteiger partial charge on any atom is -0.331 e. The fourth-order valence-electron chi connectivity index (χ4n) is 2.08. The Labute approximate surface area is 128 Å². The summed E-state index contributed by atoms with van der Waals surface area (Å²) in [5, 5.41) is 8.76. The zero-order valence-electron chi connectivity index (χ0n) is 12.5. The van der Waals surface area contributed by atoms with Gasteiger partial charge in [0.2, 0.25) is 0 Å². The molecule has 112 valence electrons. The van der Waals surface area contributed by atoms with E-state index >= 15 is 0 Å². The van der Waals surface area contributed by atoms with Gasteiger partial charge in [-0.05, 0) is 38.0 Å². The van der Waals surface area contributed by atoms with Gasteiger partial charge >= 0.3 is 6.03 Å². The van der Waals surface area contributed by atoms with Crippen molar-refractivity contribution >= 4 is 17.4 Å². The third kappa shape index (κ3) is 4.01. The molecule has 0 aliphatic heterocycles. The summed E-state index contributed by atoms with van der Waals surface area (Å²) in [6.45, 7) is 5.93. The molecule has 5 nitrogen and oxygen atoms in total. The van der Waals surface area contributed by atoms with Crippen LogP contribution in [0.25, 0.3) is 0 Å². The fraction of sp³-hybridized carbons (Fsp3) is 0.400. The molecule has 21 heavy (non-hydrogen) atoms. The van der Waals surface area contributed by atoms with Crippen LogP contribution in [0.4, 0.5) is 4.79 Å². The first kappa shape index (κ1) is 15.4. The van der Waals surface area contributed by atoms with Crippen LogP contribution in [0.5, 0.6) is 0 Å². The average molecular weight is 304 g/mol. The molecule has 2 aromatic rings. The first-order valence-corrected chi connectivity index (χ1v) is 7.79. The highest BCUT2D eigenvalue weighted by Gasteiger charge is 2.26. The predicted octanol–water partition coefficient (Wildman–Crippen LogP) is 3.22. The molecule has 0 saturated heterocycles. The molecule has 0 saturated carbocycles. The summed E-state index contributed by atoms with van der Waals surface area (Å²) in [7, 11) is 0. The second-order valence-corrected chi connectivity index (χ2v) is 6.20. The molecule has 2 N–H and O–H groups in total. The van der Waals surface area contributed by atoms with Crippen LogP contribution in [0, 0.1) is 0 Å². The Morgan fingerprint density at radius 1 is 1.33 bits per heavy atom. The summed E-state index contributed by atoms with van der Waals surface area (Å²) in [6.07, 6.45) is 6.02. The number of carbonyl (C=O) groups excluding carboxylic acids is 1. The number of amides is 2. The van der Waals surface area contributed by atoms with Crippen LogP contribution < -0.4 is 10.6 Å². The number of rotatable bonds is 5. The molecule has 0 aliphatic rings. The minimum absolute atomic E-state index is 0.0277. The first-order chi connectivity index (χ1) is 10.0. The van der Waals surface area contributed by atoms with Gasteiger partial charge in [-0.1, -0.05) is 6.92 Å². The van der Waals surface area contributed by atoms with Gasteiger partial charge in [-0.15, -0.1) is 11.3 Å². The molecule has 0 aromatic carbocycles. The lowest BCUT2D eigenvalue weighted by atomic mass is 10.1. The second kappa shape index (κ2) is 6.67. The zero-order valence-corrected chi connectivity index (χ0v) is 13.3. The number of nitrogens with one attached hydrogen (secondary N) is 2. The summed E-state index contributed by atoms with van der Waals surface area (Å²) in [4.78, 5) is 20.5. The first-order valence-electron chi connectivity index (χ1n) is 6.91. The van der Waals surface area contributed by atoms with E-state index in [0.29, 0.717) is 0 Å². The summed E-state index contributed by atoms with van der Waals surface area (Å²) in [6, 6.07) is 3.61. The maximum atomic E-state index is 12.2. The van der Waals surface area contributed by atoms with Crippen LogP contribution in [0.2, 0.25) is 0 Å². The van der Waals surface area contributed by atoms with Gasteiger partial charge in [0.25, 0.3) is 0 Å². The third-order valence-electron chi connectivity index (χ3n) is 3.22. The standard InChI is InChI=1S/C15H20N4OS/c1-4-12(11-5-7-16-8-6-11)18-14(20)19-15(2,3)13-17-9-10-21-13/h5-10,12H,4H2,1-3H3,(H2,18,19,20). The number of pyridine rings is 1. The molecule has 0 spiro atoms. The topological polar surface area (TPSA) is 66.9 Å². The van der Waals surface area contributed by atoms with Crippen LogP contribution in [0.1, 0.15) is 43.8 Å². The monoisotopic (exact) mass is 304 g/mol. The Morgan fingerprint density at radius 2 is 2.05 bits per heavy atom. The number of carbonyl (C=O) groups is 1. The molecule has 1 unspecified atom stereocenters. The number of thiazole rings is 1. The summed E-state index contributed by atoms with van der Waals surface area (Å²) < 4.78 is 0. The van der Waals surface area contributed by atoms with Gasteiger partial charge in [0.15, 0.2) is 0 Å². The Balaban J connectivity index is 2.01. The summed E-state index contributed by atoms with van der Waals surface area (Å²) >= 11 is 1.53. The van der Waals surface area contributed by atoms with Crippen molar-refractivity contribution in [2.45, 2.75) is 38.8 Å². The molecule has 2 aromatic heterocycles. The number of aromatic nitrogens is 2. The molecule has 6 heteroatoms. The van der Waals surface area contributed by atoms with Crippen LogP contribution in [-0.4, -0.2) is 16.0 Å². The van der Waals surface area contributed by atoms with E-state index in [9.17, 15) is 4.79 Å². The van der Waals surface area contributed by atoms with E-state index in [1.165, 1.54) is 11.3 Å². The van der Waals surface area contributed by atoms with E-state index in [2.05, 4.69) is 20.6 Å². The van der Waals surface area contributed by atoms with Gasteiger partial charge in [-0.3, -0.25) is 4.98 Å². The van der Waals surface area contributed by atoms with Crippen molar-refractivity contribution in [1.29, 1.82) is 0 Å². The Hall–Kier alpha value is -1.95. The largest absolute Gasteiger partial charge is 0.331 e. The van der Waals surface area contributed by atoms with E-state index in [0.717, 1.165) is 17.0 Å². The van der Waals surface area contributed by atoms with E-state index in [-0.39, 0.29) is 12.1 Å². The van der Waals surface area contributed by atoms with E-state index < -0.39 is 5.54 Å². The van der Waals surface area contributed by atoms with Crippen molar-refractivity contribution in [1.82, 2.24) is 20.6 Å². The smallest absolute Gasteiger partial charge is 0.316 e. The van der Waals surface area contributed by atoms with Crippen molar-refractivity contribution in [2.24, 2.45) is 0 Å². The Bertz CT molecular complexity index is 569. The Kier molecular flexibility index (Phi) is 4.90. The summed E-state index contributed by atoms with van der Waals surface area (Å²) in [5.41, 5.74) is 0.559. The van der Waals surface area contributed by atoms with Crippen LogP contribution in [0.3, 0.4) is 0 Å². The van der Waals surface area contributed by atoms with Crippen molar-refractivity contribution < 1.29 is 4.79 Å². The molecule has 0 bridgehead atoms. The van der Waals surface area contributed by atoms with Gasteiger partial charge in [0, 0.05) is 24.0 Å². The fourth-order valence-corrected chi connectivity index (χ4v) is 2.80. The van der Waals surface area contributed by atoms with Gasteiger partial charge < -0.3 is 10.6 Å². The van der Waals surface area contributed by atoms with Crippen LogP contribution in [0.15, 0.2) is 36.1 Å². The molecule has 2 amide bonds. The second-order valence-electron chi connectivity index (χ2n) is 5.30. The highest BCUT2D eigenvalue weighted by atomic mass is 32.1. The predicted molar refractivity (Wildman–Crippen MR) is 84.1 cm³/mol. The lowest BCUT2D eigenvalue weighted by Crippen LogP contribution is -2.47. The molecular formula is C15H20N4OS. The molecule has 1 atom stereocenters. The lowest BCUT2D eigenvalue weighted by Gasteiger charge is -2.26. The van der Waals surface area contributed by atoms with Gasteiger partial charge in [-0.2, -0.15) is 0 Å². The molecule has 0 aliphatic carbocycles. The van der Waals surface area contributed by atoms with Gasteiger partial charge in [0.1, 0.15) is 5.01 Å². The zero-order chi connectivity index (χ0) is 15.3. The van der Waals surface area contributed by atoms with E-state index in [1.807, 2.05) is 38.3 Å². The van der Waals surface area contributed by atoms with Crippen molar-refractivity contribution in [3.63, 3.8) is 0 Å². The van der Waals surface area contributed by atoms with E-state index in [4.69, 9.17) is 0 Å². The normalized spacial score (nSPS) is 12.7. The number of urea groups is 1. The maximum absolute atomic E-state index is 12.2. The van der Waals surface area contributed by atoms with Gasteiger partial charge in [-0.25, -0.2) is 9.78 Å². The van der Waals surface area contributed by atoms with Gasteiger partial charge in [0.05, 0.1) is 11.6 Å². The molecular weight excluding hydrogens is 284 g/mol.